The van der Waals surface area contributed by atoms with Gasteiger partial charge >= 0.3 is 18.9 Å². The third-order valence-electron chi connectivity index (χ3n) is 0. The monoisotopic (exact) mass is 103 g/mol. The van der Waals surface area contributed by atoms with Gasteiger partial charge < -0.3 is 0 Å². The van der Waals surface area contributed by atoms with Gasteiger partial charge in [-0.25, -0.2) is 5.41 Å². The number of isothiocyanates is 1. The zero-order valence-electron chi connectivity index (χ0n) is 1.82. The molecule has 0 aromatic heterocycles. The van der Waals surface area contributed by atoms with E-state index in [1.807, 2.05) is 0 Å². The Labute approximate surface area is 54.2 Å². The van der Waals surface area contributed by atoms with E-state index in [2.05, 4.69) is 12.2 Å². The van der Waals surface area contributed by atoms with Crippen LogP contribution in [0.15, 0.2) is 0 Å². The normalized spacial score (nSPS) is 1.60. The van der Waals surface area contributed by atoms with E-state index in [-0.39, 0.29) is 31.3 Å². The molecule has 0 aromatic carbocycles. The van der Waals surface area contributed by atoms with Crippen molar-refractivity contribution in [1.29, 1.82) is 5.41 Å². The number of hydrogen-bond acceptors (Lipinski definition) is 2. The number of nitrogens with one attached hydrogen (secondary N) is 1. The quantitative estimate of drug-likeness (QED) is 0.269. The third-order valence-corrected chi connectivity index (χ3v) is 0. The van der Waals surface area contributed by atoms with Gasteiger partial charge in [0.1, 0.15) is 0 Å². The van der Waals surface area contributed by atoms with E-state index in [1.54, 1.807) is 5.16 Å². The molecule has 5 heavy (non-hydrogen) atoms. The Morgan fingerprint density at radius 1 is 1.60 bits per heavy atom. The van der Waals surface area contributed by atoms with Crippen molar-refractivity contribution in [1.82, 2.24) is 0 Å². The minimum absolute atomic E-state index is 0. The molecule has 0 fully saturated rings. The van der Waals surface area contributed by atoms with Gasteiger partial charge in [-0.05, 0) is 12.2 Å². The second-order valence-corrected chi connectivity index (χ2v) is 0.306. The summed E-state index contributed by atoms with van der Waals surface area (Å²) in [5.41, 5.74) is 0. The van der Waals surface area contributed by atoms with Gasteiger partial charge in [-0.2, -0.15) is 0 Å². The predicted octanol–water partition coefficient (Wildman–Crippen LogP) is 0.441. The fourth-order valence-corrected chi connectivity index (χ4v) is 0. The molecule has 0 aliphatic heterocycles. The summed E-state index contributed by atoms with van der Waals surface area (Å²) in [6, 6.07) is 0. The van der Waals surface area contributed by atoms with E-state index >= 15 is 0 Å². The maximum absolute atomic E-state index is 5.77. The summed E-state index contributed by atoms with van der Waals surface area (Å²) < 4.78 is 0. The van der Waals surface area contributed by atoms with E-state index in [0.717, 1.165) is 0 Å². The van der Waals surface area contributed by atoms with Crippen LogP contribution in [0.1, 0.15) is 0 Å². The molecule has 26 valence electrons. The van der Waals surface area contributed by atoms with Crippen molar-refractivity contribution in [3.63, 3.8) is 0 Å². The van der Waals surface area contributed by atoms with Gasteiger partial charge in [-0.3, -0.25) is 0 Å². The molecule has 0 aliphatic rings. The molecule has 0 aliphatic carbocycles. The first-order chi connectivity index (χ1) is 1.41. The molecule has 0 radical (unpaired) electrons. The summed E-state index contributed by atoms with van der Waals surface area (Å²) in [6.45, 7) is 0. The topological polar surface area (TPSA) is 23.9 Å². The molecular formula is CH3ClLiNS. The molecule has 4 heteroatoms. The van der Waals surface area contributed by atoms with Crippen molar-refractivity contribution >= 4 is 48.6 Å². The standard InChI is InChI=1S/CHNS.ClH.Li.H/c2-1-3;;;/h2H;1H;;. The van der Waals surface area contributed by atoms with Gasteiger partial charge in [0.2, 0.25) is 0 Å². The Morgan fingerprint density at radius 2 is 1.60 bits per heavy atom. The molecule has 0 unspecified atom stereocenters. The van der Waals surface area contributed by atoms with Crippen LogP contribution in [-0.4, -0.2) is 24.0 Å². The van der Waals surface area contributed by atoms with Crippen LogP contribution in [0.3, 0.4) is 0 Å². The first kappa shape index (κ1) is 17.3. The zero-order valence-corrected chi connectivity index (χ0v) is 3.45. The van der Waals surface area contributed by atoms with Gasteiger partial charge in [0.15, 0.2) is 0 Å². The Bertz CT molecular complexity index is 32.6. The van der Waals surface area contributed by atoms with Crippen molar-refractivity contribution in [2.24, 2.45) is 0 Å². The van der Waals surface area contributed by atoms with Crippen molar-refractivity contribution in [2.75, 3.05) is 0 Å². The molecule has 0 rings (SSSR count). The van der Waals surface area contributed by atoms with Crippen LogP contribution < -0.4 is 0 Å². The number of rotatable bonds is 0. The van der Waals surface area contributed by atoms with Crippen LogP contribution in [0.4, 0.5) is 0 Å². The summed E-state index contributed by atoms with van der Waals surface area (Å²) in [6.07, 6.45) is 0. The van der Waals surface area contributed by atoms with Crippen molar-refractivity contribution in [3.05, 3.63) is 0 Å². The average molecular weight is 104 g/mol. The van der Waals surface area contributed by atoms with E-state index in [0.29, 0.717) is 0 Å². The van der Waals surface area contributed by atoms with Crippen LogP contribution in [0.5, 0.6) is 0 Å². The summed E-state index contributed by atoms with van der Waals surface area (Å²) in [5, 5.41) is 7.36. The van der Waals surface area contributed by atoms with Gasteiger partial charge in [0.25, 0.3) is 0 Å². The maximum atomic E-state index is 5.77. The fraction of sp³-hybridized carbons (Fsp3) is 0. The van der Waals surface area contributed by atoms with E-state index in [4.69, 9.17) is 5.41 Å². The van der Waals surface area contributed by atoms with Gasteiger partial charge in [0.05, 0.1) is 5.16 Å². The Balaban J connectivity index is -0.0000000200. The van der Waals surface area contributed by atoms with Crippen LogP contribution in [0.25, 0.3) is 0 Å². The summed E-state index contributed by atoms with van der Waals surface area (Å²) in [4.78, 5) is 0. The molecule has 0 aromatic rings. The van der Waals surface area contributed by atoms with E-state index in [1.165, 1.54) is 0 Å². The van der Waals surface area contributed by atoms with Crippen LogP contribution in [0, 0.1) is 5.41 Å². The summed E-state index contributed by atoms with van der Waals surface area (Å²) >= 11 is 3.81. The zero-order chi connectivity index (χ0) is 2.71. The van der Waals surface area contributed by atoms with E-state index in [9.17, 15) is 0 Å². The van der Waals surface area contributed by atoms with Gasteiger partial charge in [0, 0.05) is 0 Å². The number of halogens is 1. The number of hydrogen-bond donors (Lipinski definition) is 1. The SMILES string of the molecule is Cl.N=C=S.[LiH]. The van der Waals surface area contributed by atoms with Gasteiger partial charge in [-0.15, -0.1) is 12.4 Å². The molecule has 0 heterocycles. The average Bonchev–Trinajstić information content (AvgIpc) is 0.918. The molecule has 1 N–H and O–H groups in total. The Hall–Kier alpha value is 0.687. The molecule has 0 atom stereocenters. The summed E-state index contributed by atoms with van der Waals surface area (Å²) in [7, 11) is 0. The Morgan fingerprint density at radius 3 is 1.60 bits per heavy atom. The molecular weight excluding hydrogens is 100 g/mol. The third kappa shape index (κ3) is 71.6. The van der Waals surface area contributed by atoms with Crippen LogP contribution >= 0.6 is 24.6 Å². The molecule has 1 nitrogen and oxygen atoms in total. The minimum atomic E-state index is 0. The number of thiocarbonyl (C=S) groups is 1. The second kappa shape index (κ2) is 22.4. The van der Waals surface area contributed by atoms with E-state index < -0.39 is 0 Å². The second-order valence-electron chi connectivity index (χ2n) is 0.102. The fourth-order valence-electron chi connectivity index (χ4n) is 0. The van der Waals surface area contributed by atoms with Crippen molar-refractivity contribution < 1.29 is 0 Å². The first-order valence-corrected chi connectivity index (χ1v) is 0.862. The van der Waals surface area contributed by atoms with Crippen LogP contribution in [-0.2, 0) is 0 Å². The molecule has 0 spiro atoms. The molecule has 0 saturated carbocycles. The van der Waals surface area contributed by atoms with Crippen molar-refractivity contribution in [2.45, 2.75) is 0 Å². The van der Waals surface area contributed by atoms with Gasteiger partial charge in [-0.1, -0.05) is 0 Å². The Kier molecular flexibility index (Phi) is 77.5. The van der Waals surface area contributed by atoms with Crippen molar-refractivity contribution in [3.8, 4) is 0 Å². The predicted molar refractivity (Wildman–Crippen MR) is 29.7 cm³/mol. The molecule has 0 amide bonds. The molecule has 0 saturated heterocycles. The summed E-state index contributed by atoms with van der Waals surface area (Å²) in [5.74, 6) is 0. The first-order valence-electron chi connectivity index (χ1n) is 0.454. The molecule has 0 bridgehead atoms. The van der Waals surface area contributed by atoms with Crippen LogP contribution in [0.2, 0.25) is 0 Å².